The maximum absolute atomic E-state index is 6.28. The minimum absolute atomic E-state index is 0.242. The van der Waals surface area contributed by atoms with Crippen molar-refractivity contribution >= 4 is 17.2 Å². The second kappa shape index (κ2) is 7.12. The number of hydrogen-bond donors (Lipinski definition) is 1. The number of anilines is 3. The summed E-state index contributed by atoms with van der Waals surface area (Å²) in [5.41, 5.74) is 4.47. The van der Waals surface area contributed by atoms with E-state index in [-0.39, 0.29) is 6.10 Å². The van der Waals surface area contributed by atoms with Crippen molar-refractivity contribution in [3.8, 4) is 5.75 Å². The van der Waals surface area contributed by atoms with Crippen molar-refractivity contribution < 1.29 is 4.74 Å². The highest BCUT2D eigenvalue weighted by molar-refractivity contribution is 5.81. The van der Waals surface area contributed by atoms with Crippen molar-refractivity contribution in [2.45, 2.75) is 46.6 Å². The Morgan fingerprint density at radius 1 is 1.21 bits per heavy atom. The fourth-order valence-corrected chi connectivity index (χ4v) is 3.22. The zero-order chi connectivity index (χ0) is 17.1. The van der Waals surface area contributed by atoms with E-state index in [1.165, 1.54) is 11.3 Å². The van der Waals surface area contributed by atoms with Crippen molar-refractivity contribution in [3.05, 3.63) is 41.6 Å². The Balaban J connectivity index is 2.04. The number of benzene rings is 1. The standard InChI is InChI=1S/C20H27N3O/c1-5-16(6-2)24-18-13-15(4)22-20-19(18)21-11-12-23(20)17-10-8-7-9-14(17)3/h7-10,13,16,21H,5-6,11-12H2,1-4H3. The lowest BCUT2D eigenvalue weighted by atomic mass is 10.1. The van der Waals surface area contributed by atoms with Gasteiger partial charge in [0.2, 0.25) is 0 Å². The number of aryl methyl sites for hydroxylation is 2. The molecule has 1 aromatic carbocycles. The number of fused-ring (bicyclic) bond motifs is 1. The van der Waals surface area contributed by atoms with Gasteiger partial charge >= 0.3 is 0 Å². The van der Waals surface area contributed by atoms with Gasteiger partial charge in [-0.1, -0.05) is 32.0 Å². The highest BCUT2D eigenvalue weighted by atomic mass is 16.5. The fourth-order valence-electron chi connectivity index (χ4n) is 3.22. The largest absolute Gasteiger partial charge is 0.488 e. The van der Waals surface area contributed by atoms with Crippen LogP contribution in [-0.4, -0.2) is 24.2 Å². The van der Waals surface area contributed by atoms with E-state index in [0.29, 0.717) is 0 Å². The fraction of sp³-hybridized carbons (Fsp3) is 0.450. The molecule has 0 unspecified atom stereocenters. The third-order valence-electron chi connectivity index (χ3n) is 4.60. The summed E-state index contributed by atoms with van der Waals surface area (Å²) in [7, 11) is 0. The molecule has 0 bridgehead atoms. The Bertz CT molecular complexity index is 710. The number of para-hydroxylation sites is 1. The van der Waals surface area contributed by atoms with Crippen LogP contribution in [-0.2, 0) is 0 Å². The summed E-state index contributed by atoms with van der Waals surface area (Å²) in [4.78, 5) is 7.12. The minimum Gasteiger partial charge on any atom is -0.488 e. The number of hydrogen-bond acceptors (Lipinski definition) is 4. The SMILES string of the molecule is CCC(CC)Oc1cc(C)nc2c1NCCN2c1ccccc1C. The van der Waals surface area contributed by atoms with Crippen molar-refractivity contribution in [1.82, 2.24) is 4.98 Å². The number of pyridine rings is 1. The smallest absolute Gasteiger partial charge is 0.160 e. The van der Waals surface area contributed by atoms with Crippen LogP contribution in [0.1, 0.15) is 37.9 Å². The van der Waals surface area contributed by atoms with Crippen LogP contribution in [0.4, 0.5) is 17.2 Å². The lowest BCUT2D eigenvalue weighted by Crippen LogP contribution is -2.32. The Kier molecular flexibility index (Phi) is 4.93. The molecule has 3 rings (SSSR count). The zero-order valence-corrected chi connectivity index (χ0v) is 15.1. The van der Waals surface area contributed by atoms with Gasteiger partial charge in [-0.2, -0.15) is 0 Å². The molecule has 0 fully saturated rings. The van der Waals surface area contributed by atoms with Crippen molar-refractivity contribution in [2.24, 2.45) is 0 Å². The number of rotatable bonds is 5. The molecule has 0 saturated carbocycles. The molecular weight excluding hydrogens is 298 g/mol. The topological polar surface area (TPSA) is 37.4 Å². The molecule has 0 amide bonds. The first-order valence-corrected chi connectivity index (χ1v) is 8.89. The molecule has 1 N–H and O–H groups in total. The van der Waals surface area contributed by atoms with Crippen LogP contribution in [0.5, 0.6) is 5.75 Å². The number of nitrogens with zero attached hydrogens (tertiary/aromatic N) is 2. The molecule has 1 aliphatic rings. The van der Waals surface area contributed by atoms with Gasteiger partial charge in [-0.15, -0.1) is 0 Å². The maximum Gasteiger partial charge on any atom is 0.160 e. The summed E-state index contributed by atoms with van der Waals surface area (Å²) >= 11 is 0. The van der Waals surface area contributed by atoms with Gasteiger partial charge in [-0.25, -0.2) is 4.98 Å². The third-order valence-corrected chi connectivity index (χ3v) is 4.60. The van der Waals surface area contributed by atoms with Crippen molar-refractivity contribution in [1.29, 1.82) is 0 Å². The molecule has 0 atom stereocenters. The Morgan fingerprint density at radius 2 is 1.96 bits per heavy atom. The van der Waals surface area contributed by atoms with E-state index < -0.39 is 0 Å². The second-order valence-electron chi connectivity index (χ2n) is 6.38. The van der Waals surface area contributed by atoms with E-state index in [4.69, 9.17) is 9.72 Å². The Labute approximate surface area is 144 Å². The van der Waals surface area contributed by atoms with E-state index in [2.05, 4.69) is 55.3 Å². The third kappa shape index (κ3) is 3.18. The van der Waals surface area contributed by atoms with E-state index in [0.717, 1.165) is 48.9 Å². The van der Waals surface area contributed by atoms with Gasteiger partial charge in [0, 0.05) is 30.5 Å². The van der Waals surface area contributed by atoms with Crippen molar-refractivity contribution in [3.63, 3.8) is 0 Å². The summed E-state index contributed by atoms with van der Waals surface area (Å²) in [6.45, 7) is 10.3. The van der Waals surface area contributed by atoms with Crippen LogP contribution < -0.4 is 15.0 Å². The molecule has 1 aliphatic heterocycles. The van der Waals surface area contributed by atoms with E-state index in [1.54, 1.807) is 0 Å². The van der Waals surface area contributed by atoms with Gasteiger partial charge in [0.1, 0.15) is 11.4 Å². The van der Waals surface area contributed by atoms with Crippen molar-refractivity contribution in [2.75, 3.05) is 23.3 Å². The zero-order valence-electron chi connectivity index (χ0n) is 15.1. The number of ether oxygens (including phenoxy) is 1. The van der Waals surface area contributed by atoms with Gasteiger partial charge in [0.15, 0.2) is 5.82 Å². The quantitative estimate of drug-likeness (QED) is 0.854. The Morgan fingerprint density at radius 3 is 2.67 bits per heavy atom. The molecule has 0 aliphatic carbocycles. The Hall–Kier alpha value is -2.23. The highest BCUT2D eigenvalue weighted by Gasteiger charge is 2.25. The number of nitrogens with one attached hydrogen (secondary N) is 1. The van der Waals surface area contributed by atoms with Crippen LogP contribution in [0.15, 0.2) is 30.3 Å². The molecule has 0 saturated heterocycles. The van der Waals surface area contributed by atoms with E-state index in [1.807, 2.05) is 13.0 Å². The second-order valence-corrected chi connectivity index (χ2v) is 6.38. The molecule has 4 heteroatoms. The molecule has 0 spiro atoms. The normalized spacial score (nSPS) is 13.6. The lowest BCUT2D eigenvalue weighted by Gasteiger charge is -2.33. The summed E-state index contributed by atoms with van der Waals surface area (Å²) in [5.74, 6) is 1.89. The summed E-state index contributed by atoms with van der Waals surface area (Å²) in [5, 5.41) is 3.50. The molecule has 1 aromatic heterocycles. The maximum atomic E-state index is 6.28. The molecule has 0 radical (unpaired) electrons. The van der Waals surface area contributed by atoms with Crippen LogP contribution in [0.3, 0.4) is 0 Å². The summed E-state index contributed by atoms with van der Waals surface area (Å²) in [6.07, 6.45) is 2.26. The first-order chi connectivity index (χ1) is 11.6. The molecule has 24 heavy (non-hydrogen) atoms. The highest BCUT2D eigenvalue weighted by Crippen LogP contribution is 2.41. The minimum atomic E-state index is 0.242. The van der Waals surface area contributed by atoms with Gasteiger partial charge in [-0.05, 0) is 38.3 Å². The van der Waals surface area contributed by atoms with Gasteiger partial charge < -0.3 is 15.0 Å². The molecule has 2 aromatic rings. The van der Waals surface area contributed by atoms with Gasteiger partial charge in [0.25, 0.3) is 0 Å². The summed E-state index contributed by atoms with van der Waals surface area (Å²) < 4.78 is 6.28. The van der Waals surface area contributed by atoms with E-state index >= 15 is 0 Å². The van der Waals surface area contributed by atoms with Crippen LogP contribution in [0.25, 0.3) is 0 Å². The molecule has 128 valence electrons. The first kappa shape index (κ1) is 16.6. The average molecular weight is 325 g/mol. The number of aromatic nitrogens is 1. The predicted molar refractivity (Wildman–Crippen MR) is 101 cm³/mol. The molecular formula is C20H27N3O. The van der Waals surface area contributed by atoms with Gasteiger partial charge in [0.05, 0.1) is 6.10 Å². The van der Waals surface area contributed by atoms with Crippen LogP contribution >= 0.6 is 0 Å². The van der Waals surface area contributed by atoms with Gasteiger partial charge in [-0.3, -0.25) is 0 Å². The van der Waals surface area contributed by atoms with Crippen LogP contribution in [0, 0.1) is 13.8 Å². The van der Waals surface area contributed by atoms with E-state index in [9.17, 15) is 0 Å². The molecule has 4 nitrogen and oxygen atoms in total. The average Bonchev–Trinajstić information content (AvgIpc) is 2.59. The lowest BCUT2D eigenvalue weighted by molar-refractivity contribution is 0.193. The van der Waals surface area contributed by atoms with Crippen LogP contribution in [0.2, 0.25) is 0 Å². The first-order valence-electron chi connectivity index (χ1n) is 8.89. The molecule has 2 heterocycles. The summed E-state index contributed by atoms with van der Waals surface area (Å²) in [6, 6.07) is 10.5. The monoisotopic (exact) mass is 325 g/mol. The predicted octanol–water partition coefficient (Wildman–Crippen LogP) is 4.83.